The molecule has 1 aliphatic rings. The lowest BCUT2D eigenvalue weighted by Gasteiger charge is -2.07. The third-order valence-electron chi connectivity index (χ3n) is 2.38. The molecule has 11 heavy (non-hydrogen) atoms. The van der Waals surface area contributed by atoms with E-state index in [9.17, 15) is 4.79 Å². The molecule has 0 spiro atoms. The Bertz CT molecular complexity index is 177. The number of hydrogen-bond acceptors (Lipinski definition) is 1. The molecule has 0 bridgehead atoms. The quantitative estimate of drug-likeness (QED) is 0.632. The Morgan fingerprint density at radius 3 is 2.45 bits per heavy atom. The van der Waals surface area contributed by atoms with Crippen molar-refractivity contribution in [2.45, 2.75) is 25.6 Å². The molecule has 0 radical (unpaired) electrons. The summed E-state index contributed by atoms with van der Waals surface area (Å²) >= 11 is 11.3. The van der Waals surface area contributed by atoms with Crippen molar-refractivity contribution in [2.75, 3.05) is 5.88 Å². The number of alkyl halides is 2. The lowest BCUT2D eigenvalue weighted by atomic mass is 10.1. The van der Waals surface area contributed by atoms with Gasteiger partial charge in [0.15, 0.2) is 5.78 Å². The Kier molecular flexibility index (Phi) is 2.50. The molecular weight excluding hydrogens is 183 g/mol. The van der Waals surface area contributed by atoms with Gasteiger partial charge in [0.25, 0.3) is 0 Å². The van der Waals surface area contributed by atoms with Gasteiger partial charge in [-0.1, -0.05) is 13.8 Å². The fourth-order valence-corrected chi connectivity index (χ4v) is 2.06. The highest BCUT2D eigenvalue weighted by atomic mass is 35.5. The molecule has 1 nitrogen and oxygen atoms in total. The predicted molar refractivity (Wildman–Crippen MR) is 47.3 cm³/mol. The van der Waals surface area contributed by atoms with Gasteiger partial charge in [-0.25, -0.2) is 0 Å². The monoisotopic (exact) mass is 194 g/mol. The van der Waals surface area contributed by atoms with Crippen LogP contribution in [0.2, 0.25) is 0 Å². The van der Waals surface area contributed by atoms with Crippen LogP contribution in [-0.2, 0) is 4.79 Å². The van der Waals surface area contributed by atoms with Crippen molar-refractivity contribution in [3.8, 4) is 0 Å². The van der Waals surface area contributed by atoms with Crippen molar-refractivity contribution in [2.24, 2.45) is 11.3 Å². The van der Waals surface area contributed by atoms with E-state index in [2.05, 4.69) is 13.8 Å². The van der Waals surface area contributed by atoms with Gasteiger partial charge in [0, 0.05) is 0 Å². The Hall–Kier alpha value is 0.250. The SMILES string of the molecule is CC1(C)CC1C(Cl)C(=O)CCl. The zero-order valence-corrected chi connectivity index (χ0v) is 8.24. The number of carbonyl (C=O) groups excluding carboxylic acids is 1. The summed E-state index contributed by atoms with van der Waals surface area (Å²) in [5, 5.41) is -0.359. The van der Waals surface area contributed by atoms with Gasteiger partial charge in [-0.15, -0.1) is 23.2 Å². The Morgan fingerprint density at radius 2 is 2.18 bits per heavy atom. The van der Waals surface area contributed by atoms with Gasteiger partial charge in [-0.3, -0.25) is 4.79 Å². The van der Waals surface area contributed by atoms with E-state index in [1.165, 1.54) is 0 Å². The number of rotatable bonds is 3. The van der Waals surface area contributed by atoms with Gasteiger partial charge in [-0.2, -0.15) is 0 Å². The topological polar surface area (TPSA) is 17.1 Å². The first-order chi connectivity index (χ1) is 4.99. The average molecular weight is 195 g/mol. The molecule has 0 amide bonds. The van der Waals surface area contributed by atoms with Crippen LogP contribution in [0.15, 0.2) is 0 Å². The van der Waals surface area contributed by atoms with Gasteiger partial charge >= 0.3 is 0 Å². The van der Waals surface area contributed by atoms with Crippen molar-refractivity contribution in [1.82, 2.24) is 0 Å². The molecule has 64 valence electrons. The minimum atomic E-state index is -0.359. The second-order valence-corrected chi connectivity index (χ2v) is 4.54. The van der Waals surface area contributed by atoms with E-state index in [4.69, 9.17) is 23.2 Å². The van der Waals surface area contributed by atoms with Gasteiger partial charge in [0.1, 0.15) is 0 Å². The lowest BCUT2D eigenvalue weighted by Crippen LogP contribution is -2.20. The molecule has 0 N–H and O–H groups in total. The fourth-order valence-electron chi connectivity index (χ4n) is 1.31. The molecule has 0 saturated heterocycles. The first-order valence-electron chi connectivity index (χ1n) is 3.72. The molecule has 1 aliphatic carbocycles. The summed E-state index contributed by atoms with van der Waals surface area (Å²) in [6.07, 6.45) is 1.05. The number of carbonyl (C=O) groups is 1. The fraction of sp³-hybridized carbons (Fsp3) is 0.875. The van der Waals surface area contributed by atoms with Crippen LogP contribution in [0.4, 0.5) is 0 Å². The van der Waals surface area contributed by atoms with Crippen LogP contribution >= 0.6 is 23.2 Å². The normalized spacial score (nSPS) is 29.6. The van der Waals surface area contributed by atoms with Crippen LogP contribution in [-0.4, -0.2) is 17.0 Å². The van der Waals surface area contributed by atoms with Gasteiger partial charge in [-0.05, 0) is 17.8 Å². The van der Waals surface area contributed by atoms with Crippen molar-refractivity contribution in [1.29, 1.82) is 0 Å². The average Bonchev–Trinajstić information content (AvgIpc) is 2.56. The van der Waals surface area contributed by atoms with Crippen LogP contribution in [0.3, 0.4) is 0 Å². The lowest BCUT2D eigenvalue weighted by molar-refractivity contribution is -0.116. The van der Waals surface area contributed by atoms with Crippen LogP contribution in [0.25, 0.3) is 0 Å². The maximum Gasteiger partial charge on any atom is 0.165 e. The second kappa shape index (κ2) is 2.95. The summed E-state index contributed by atoms with van der Waals surface area (Å²) in [6.45, 7) is 4.24. The highest BCUT2D eigenvalue weighted by molar-refractivity contribution is 6.38. The molecule has 0 aliphatic heterocycles. The highest BCUT2D eigenvalue weighted by Crippen LogP contribution is 2.55. The summed E-state index contributed by atoms with van der Waals surface area (Å²) in [7, 11) is 0. The minimum Gasteiger partial charge on any atom is -0.297 e. The van der Waals surface area contributed by atoms with Gasteiger partial charge in [0.2, 0.25) is 0 Å². The summed E-state index contributed by atoms with van der Waals surface area (Å²) in [5.41, 5.74) is 0.258. The van der Waals surface area contributed by atoms with Gasteiger partial charge in [0.05, 0.1) is 11.3 Å². The first-order valence-corrected chi connectivity index (χ1v) is 4.69. The van der Waals surface area contributed by atoms with Crippen molar-refractivity contribution in [3.05, 3.63) is 0 Å². The van der Waals surface area contributed by atoms with Gasteiger partial charge < -0.3 is 0 Å². The molecule has 3 heteroatoms. The molecule has 1 rings (SSSR count). The van der Waals surface area contributed by atoms with Crippen molar-refractivity contribution < 1.29 is 4.79 Å². The first kappa shape index (κ1) is 9.34. The summed E-state index contributed by atoms with van der Waals surface area (Å²) in [5.74, 6) is 0.347. The summed E-state index contributed by atoms with van der Waals surface area (Å²) < 4.78 is 0. The minimum absolute atomic E-state index is 0.0380. The molecule has 2 atom stereocenters. The Labute approximate surface area is 77.1 Å². The maximum atomic E-state index is 11.0. The van der Waals surface area contributed by atoms with E-state index in [0.29, 0.717) is 5.92 Å². The number of halogens is 2. The van der Waals surface area contributed by atoms with E-state index in [1.54, 1.807) is 0 Å². The van der Waals surface area contributed by atoms with Crippen LogP contribution < -0.4 is 0 Å². The largest absolute Gasteiger partial charge is 0.297 e. The second-order valence-electron chi connectivity index (χ2n) is 3.80. The van der Waals surface area contributed by atoms with E-state index in [0.717, 1.165) is 6.42 Å². The van der Waals surface area contributed by atoms with Crippen molar-refractivity contribution >= 4 is 29.0 Å². The zero-order valence-electron chi connectivity index (χ0n) is 6.73. The third kappa shape index (κ3) is 1.88. The van der Waals surface area contributed by atoms with E-state index < -0.39 is 0 Å². The Morgan fingerprint density at radius 1 is 1.73 bits per heavy atom. The standard InChI is InChI=1S/C8H12Cl2O/c1-8(2)3-5(8)7(10)6(11)4-9/h5,7H,3-4H2,1-2H3. The smallest absolute Gasteiger partial charge is 0.165 e. The van der Waals surface area contributed by atoms with Crippen LogP contribution in [0.5, 0.6) is 0 Å². The highest BCUT2D eigenvalue weighted by Gasteiger charge is 2.51. The molecule has 0 aromatic carbocycles. The van der Waals surface area contributed by atoms with E-state index >= 15 is 0 Å². The van der Waals surface area contributed by atoms with E-state index in [-0.39, 0.29) is 22.5 Å². The molecule has 0 heterocycles. The maximum absolute atomic E-state index is 11.0. The van der Waals surface area contributed by atoms with E-state index in [1.807, 2.05) is 0 Å². The van der Waals surface area contributed by atoms with Crippen LogP contribution in [0.1, 0.15) is 20.3 Å². The third-order valence-corrected chi connectivity index (χ3v) is 3.19. The number of Topliss-reactive ketones (excluding diaryl/α,β-unsaturated/α-hetero) is 1. The predicted octanol–water partition coefficient (Wildman–Crippen LogP) is 2.45. The molecule has 0 aromatic heterocycles. The Balaban J connectivity index is 2.45. The number of ketones is 1. The zero-order chi connectivity index (χ0) is 8.65. The van der Waals surface area contributed by atoms with Crippen molar-refractivity contribution in [3.63, 3.8) is 0 Å². The molecule has 1 saturated carbocycles. The number of hydrogen-bond donors (Lipinski definition) is 0. The summed E-state index contributed by atoms with van der Waals surface area (Å²) in [4.78, 5) is 11.0. The van der Waals surface area contributed by atoms with Crippen LogP contribution in [0, 0.1) is 11.3 Å². The molecule has 1 fully saturated rings. The molecule has 2 unspecified atom stereocenters. The molecular formula is C8H12Cl2O. The summed E-state index contributed by atoms with van der Waals surface area (Å²) in [6, 6.07) is 0. The molecule has 0 aromatic rings.